The van der Waals surface area contributed by atoms with Crippen LogP contribution in [0.1, 0.15) is 74.1 Å². The molecule has 0 aromatic heterocycles. The van der Waals surface area contributed by atoms with Gasteiger partial charge in [-0.3, -0.25) is 4.79 Å². The zero-order valence-corrected chi connectivity index (χ0v) is 43.2. The molecule has 3 aliphatic heterocycles. The Kier molecular flexibility index (Phi) is 17.7. The molecule has 20 heteroatoms. The largest absolute Gasteiger partial charge is 0.497 e. The van der Waals surface area contributed by atoms with Crippen molar-refractivity contribution in [1.29, 1.82) is 0 Å². The van der Waals surface area contributed by atoms with Crippen LogP contribution in [0.5, 0.6) is 5.75 Å². The van der Waals surface area contributed by atoms with E-state index in [0.29, 0.717) is 11.3 Å². The average molecular weight is 1040 g/mol. The third-order valence-corrected chi connectivity index (χ3v) is 19.6. The molecule has 0 aliphatic carbocycles. The van der Waals surface area contributed by atoms with E-state index in [4.69, 9.17) is 86.6 Å². The second-order valence-electron chi connectivity index (χ2n) is 18.8. The van der Waals surface area contributed by atoms with Gasteiger partial charge >= 0.3 is 17.9 Å². The molecule has 16 nitrogen and oxygen atoms in total. The number of halogens is 3. The zero-order chi connectivity index (χ0) is 50.5. The highest BCUT2D eigenvalue weighted by Gasteiger charge is 2.62. The lowest BCUT2D eigenvalue weighted by Gasteiger charge is -2.54. The monoisotopic (exact) mass is 1040 g/mol. The highest BCUT2D eigenvalue weighted by Crippen LogP contribution is 2.53. The van der Waals surface area contributed by atoms with Gasteiger partial charge < -0.3 is 57.1 Å². The summed E-state index contributed by atoms with van der Waals surface area (Å²) in [4.78, 5) is 56.8. The Labute approximate surface area is 418 Å². The number of benzene rings is 3. The average Bonchev–Trinajstić information content (AvgIpc) is 3.32. The van der Waals surface area contributed by atoms with Gasteiger partial charge in [-0.2, -0.15) is 0 Å². The fourth-order valence-electron chi connectivity index (χ4n) is 8.41. The first kappa shape index (κ1) is 54.2. The van der Waals surface area contributed by atoms with Crippen LogP contribution >= 0.6 is 34.8 Å². The summed E-state index contributed by atoms with van der Waals surface area (Å²) in [6.07, 6.45) is -13.0. The van der Waals surface area contributed by atoms with E-state index in [-0.39, 0.29) is 24.3 Å². The number of carbonyl (C=O) groups is 4. The Balaban J connectivity index is 1.55. The van der Waals surface area contributed by atoms with E-state index in [0.717, 1.165) is 7.11 Å². The predicted molar refractivity (Wildman–Crippen MR) is 256 cm³/mol. The Hall–Kier alpha value is -4.11. The van der Waals surface area contributed by atoms with E-state index < -0.39 is 114 Å². The minimum atomic E-state index is -3.18. The van der Waals surface area contributed by atoms with E-state index in [2.05, 4.69) is 11.9 Å². The molecular formula is C49H60Cl3NO15Si. The van der Waals surface area contributed by atoms with Gasteiger partial charge in [-0.05, 0) is 53.0 Å². The fraction of sp³-hybridized carbons (Fsp3) is 0.510. The van der Waals surface area contributed by atoms with Crippen LogP contribution in [-0.2, 0) is 56.6 Å². The molecule has 11 atom stereocenters. The number of hydrogen-bond donors (Lipinski definition) is 1. The number of alkyl halides is 3. The van der Waals surface area contributed by atoms with E-state index >= 15 is 0 Å². The summed E-state index contributed by atoms with van der Waals surface area (Å²) in [6.45, 7) is 17.7. The first-order valence-electron chi connectivity index (χ1n) is 22.3. The molecule has 1 N–H and O–H groups in total. The van der Waals surface area contributed by atoms with Gasteiger partial charge in [0.15, 0.2) is 37.2 Å². The second-order valence-corrected chi connectivity index (χ2v) is 26.4. The standard InChI is InChI=1S/C49H60Cl3NO15Si/c1-11-26-60-44-33(53-46(57)49(50,51)52)35(34-32(62-44)27-61-43(65-34)30-22-24-31(58-8)25-23-30)66-45-39(64-41(55)29-20-16-13-17-21-29)36(63-40(54)28-18-14-12-15-19-28)37(38(67-45)42(56)59-9)68-69(10,47(2,3)4)48(5,6)7/h11-25,32-39,43-45H,1,26-27H2,2-10H3,(H,53,57)/t32?,33?,34-,35+,36-,37-,38?,39?,43?,44+,45+/m0/s1. The molecule has 1 amide bonds. The fourth-order valence-corrected chi connectivity index (χ4v) is 12.3. The minimum Gasteiger partial charge on any atom is -0.497 e. The molecule has 0 bridgehead atoms. The van der Waals surface area contributed by atoms with Crippen LogP contribution in [0.4, 0.5) is 0 Å². The summed E-state index contributed by atoms with van der Waals surface area (Å²) in [7, 11) is -0.481. The summed E-state index contributed by atoms with van der Waals surface area (Å²) < 4.78 is 67.3. The van der Waals surface area contributed by atoms with Gasteiger partial charge in [0.25, 0.3) is 9.70 Å². The molecule has 0 spiro atoms. The van der Waals surface area contributed by atoms with Crippen LogP contribution < -0.4 is 10.1 Å². The predicted octanol–water partition coefficient (Wildman–Crippen LogP) is 8.19. The van der Waals surface area contributed by atoms with Crippen LogP contribution in [0.3, 0.4) is 0 Å². The number of amides is 1. The van der Waals surface area contributed by atoms with Crippen molar-refractivity contribution < 1.29 is 71.0 Å². The highest BCUT2D eigenvalue weighted by atomic mass is 35.6. The summed E-state index contributed by atoms with van der Waals surface area (Å²) in [5, 5.41) is 1.65. The lowest BCUT2D eigenvalue weighted by molar-refractivity contribution is -0.374. The normalized spacial score (nSPS) is 27.5. The topological polar surface area (TPSA) is 182 Å². The SMILES string of the molecule is C=CCO[C@@H]1OC2COC(c3ccc(OC)cc3)O[C@@H]2[C@H](O[C@@H]2OC(C(=O)OC)[C@@H](O[Si](C)(C(C)(C)C)C(C)(C)C)[C@H](OC(=O)c3ccccc3)C2OC(=O)c2ccccc2)C1NC(=O)C(Cl)(Cl)Cl. The Morgan fingerprint density at radius 1 is 0.754 bits per heavy atom. The van der Waals surface area contributed by atoms with Crippen molar-refractivity contribution >= 4 is 66.9 Å². The molecule has 5 unspecified atom stereocenters. The van der Waals surface area contributed by atoms with Gasteiger partial charge in [0, 0.05) is 5.56 Å². The first-order valence-corrected chi connectivity index (χ1v) is 25.8. The molecule has 69 heavy (non-hydrogen) atoms. The number of carbonyl (C=O) groups excluding carboxylic acids is 4. The number of rotatable bonds is 15. The van der Waals surface area contributed by atoms with E-state index in [1.165, 1.54) is 25.3 Å². The van der Waals surface area contributed by atoms with Gasteiger partial charge in [0.2, 0.25) is 8.32 Å². The van der Waals surface area contributed by atoms with Crippen LogP contribution in [0.2, 0.25) is 16.6 Å². The third-order valence-electron chi connectivity index (χ3n) is 12.6. The van der Waals surface area contributed by atoms with Gasteiger partial charge in [0.05, 0.1) is 38.6 Å². The Bertz CT molecular complexity index is 2220. The summed E-state index contributed by atoms with van der Waals surface area (Å²) in [6, 6.07) is 21.7. The van der Waals surface area contributed by atoms with Crippen molar-refractivity contribution in [3.63, 3.8) is 0 Å². The first-order chi connectivity index (χ1) is 32.5. The van der Waals surface area contributed by atoms with Crippen LogP contribution in [0.25, 0.3) is 0 Å². The van der Waals surface area contributed by atoms with Gasteiger partial charge in [0.1, 0.15) is 36.2 Å². The summed E-state index contributed by atoms with van der Waals surface area (Å²) in [5.74, 6) is -3.17. The maximum absolute atomic E-state index is 14.4. The van der Waals surface area contributed by atoms with E-state index in [1.807, 2.05) is 48.1 Å². The van der Waals surface area contributed by atoms with Crippen LogP contribution in [0, 0.1) is 0 Å². The van der Waals surface area contributed by atoms with E-state index in [1.54, 1.807) is 72.8 Å². The number of hydrogen-bond acceptors (Lipinski definition) is 15. The molecule has 3 aromatic carbocycles. The lowest BCUT2D eigenvalue weighted by Crippen LogP contribution is -2.71. The molecule has 3 aliphatic rings. The molecule has 6 rings (SSSR count). The Morgan fingerprint density at radius 2 is 1.32 bits per heavy atom. The number of nitrogens with one attached hydrogen (secondary N) is 1. The van der Waals surface area contributed by atoms with E-state index in [9.17, 15) is 19.2 Å². The van der Waals surface area contributed by atoms with Gasteiger partial charge in [-0.15, -0.1) is 6.58 Å². The minimum absolute atomic E-state index is 0.0898. The maximum atomic E-state index is 14.4. The summed E-state index contributed by atoms with van der Waals surface area (Å²) >= 11 is 18.4. The van der Waals surface area contributed by atoms with Gasteiger partial charge in [-0.25, -0.2) is 14.4 Å². The summed E-state index contributed by atoms with van der Waals surface area (Å²) in [5.41, 5.74) is 0.832. The van der Waals surface area contributed by atoms with Crippen molar-refractivity contribution in [3.8, 4) is 5.75 Å². The number of ether oxygens (including phenoxy) is 10. The Morgan fingerprint density at radius 3 is 1.83 bits per heavy atom. The smallest absolute Gasteiger partial charge is 0.338 e. The van der Waals surface area contributed by atoms with Crippen LogP contribution in [-0.4, -0.2) is 125 Å². The molecule has 0 radical (unpaired) electrons. The quantitative estimate of drug-likeness (QED) is 0.0506. The number of fused-ring (bicyclic) bond motifs is 1. The highest BCUT2D eigenvalue weighted by molar-refractivity contribution is 6.78. The van der Waals surface area contributed by atoms with Crippen molar-refractivity contribution in [2.75, 3.05) is 27.4 Å². The maximum Gasteiger partial charge on any atom is 0.338 e. The molecule has 3 heterocycles. The van der Waals surface area contributed by atoms with Gasteiger partial charge in [-0.1, -0.05) is 131 Å². The molecule has 3 saturated heterocycles. The lowest BCUT2D eigenvalue weighted by atomic mass is 9.94. The van der Waals surface area contributed by atoms with Crippen LogP contribution in [0.15, 0.2) is 97.6 Å². The molecule has 376 valence electrons. The third kappa shape index (κ3) is 12.5. The van der Waals surface area contributed by atoms with Crippen molar-refractivity contribution in [2.45, 2.75) is 130 Å². The molecule has 0 saturated carbocycles. The molecule has 3 fully saturated rings. The van der Waals surface area contributed by atoms with Crippen molar-refractivity contribution in [2.24, 2.45) is 0 Å². The van der Waals surface area contributed by atoms with Crippen molar-refractivity contribution in [1.82, 2.24) is 5.32 Å². The molecular weight excluding hydrogens is 977 g/mol. The number of methoxy groups -OCH3 is 2. The second kappa shape index (κ2) is 22.5. The molecule has 3 aromatic rings. The zero-order valence-electron chi connectivity index (χ0n) is 39.9. The number of esters is 3. The van der Waals surface area contributed by atoms with Crippen molar-refractivity contribution in [3.05, 3.63) is 114 Å².